The molecular weight excluding hydrogens is 259 g/mol. The molecule has 0 radical (unpaired) electrons. The van der Waals surface area contributed by atoms with Crippen molar-refractivity contribution in [2.24, 2.45) is 0 Å². The minimum absolute atomic E-state index is 0.0574. The van der Waals surface area contributed by atoms with Crippen LogP contribution in [0.2, 0.25) is 0 Å². The van der Waals surface area contributed by atoms with Crippen LogP contribution in [0, 0.1) is 5.82 Å². The Kier molecular flexibility index (Phi) is 4.68. The summed E-state index contributed by atoms with van der Waals surface area (Å²) in [6.07, 6.45) is 0. The Morgan fingerprint density at radius 1 is 1.15 bits per heavy atom. The van der Waals surface area contributed by atoms with Crippen LogP contribution in [0.4, 0.5) is 15.8 Å². The monoisotopic (exact) mass is 274 g/mol. The number of nitrogens with two attached hydrogens (primary N) is 1. The van der Waals surface area contributed by atoms with Gasteiger partial charge in [-0.05, 0) is 30.3 Å². The number of amides is 1. The first-order valence-corrected chi connectivity index (χ1v) is 6.11. The van der Waals surface area contributed by atoms with Crippen molar-refractivity contribution in [1.82, 2.24) is 0 Å². The highest BCUT2D eigenvalue weighted by molar-refractivity contribution is 5.91. The summed E-state index contributed by atoms with van der Waals surface area (Å²) >= 11 is 0. The number of ether oxygens (including phenoxy) is 1. The van der Waals surface area contributed by atoms with E-state index in [4.69, 9.17) is 10.5 Å². The fourth-order valence-corrected chi connectivity index (χ4v) is 1.63. The smallest absolute Gasteiger partial charge is 0.250 e. The van der Waals surface area contributed by atoms with Crippen molar-refractivity contribution in [2.75, 3.05) is 17.7 Å². The van der Waals surface area contributed by atoms with E-state index in [0.717, 1.165) is 0 Å². The SMILES string of the molecule is Nc1ccc(NC(=O)COCc2ccccc2F)cc1. The van der Waals surface area contributed by atoms with Crippen LogP contribution in [0.3, 0.4) is 0 Å². The van der Waals surface area contributed by atoms with E-state index in [1.54, 1.807) is 42.5 Å². The van der Waals surface area contributed by atoms with Gasteiger partial charge in [-0.15, -0.1) is 0 Å². The lowest BCUT2D eigenvalue weighted by atomic mass is 10.2. The molecule has 0 fully saturated rings. The summed E-state index contributed by atoms with van der Waals surface area (Å²) in [5.41, 5.74) is 7.23. The van der Waals surface area contributed by atoms with Gasteiger partial charge in [0.15, 0.2) is 0 Å². The first-order valence-electron chi connectivity index (χ1n) is 6.11. The van der Waals surface area contributed by atoms with E-state index in [0.29, 0.717) is 16.9 Å². The van der Waals surface area contributed by atoms with Crippen molar-refractivity contribution in [3.8, 4) is 0 Å². The molecule has 0 bridgehead atoms. The van der Waals surface area contributed by atoms with Gasteiger partial charge in [0.25, 0.3) is 0 Å². The zero-order chi connectivity index (χ0) is 14.4. The Morgan fingerprint density at radius 3 is 2.55 bits per heavy atom. The molecule has 0 aliphatic heterocycles. The number of anilines is 2. The number of halogens is 1. The van der Waals surface area contributed by atoms with Crippen molar-refractivity contribution in [3.63, 3.8) is 0 Å². The van der Waals surface area contributed by atoms with Crippen molar-refractivity contribution in [2.45, 2.75) is 6.61 Å². The highest BCUT2D eigenvalue weighted by Gasteiger charge is 2.05. The summed E-state index contributed by atoms with van der Waals surface area (Å²) in [6, 6.07) is 13.1. The Labute approximate surface area is 116 Å². The second-order valence-corrected chi connectivity index (χ2v) is 4.25. The number of nitrogens with one attached hydrogen (secondary N) is 1. The molecule has 4 nitrogen and oxygen atoms in total. The van der Waals surface area contributed by atoms with Crippen molar-refractivity contribution in [3.05, 3.63) is 59.9 Å². The molecule has 0 aliphatic rings. The van der Waals surface area contributed by atoms with Gasteiger partial charge in [-0.3, -0.25) is 4.79 Å². The molecule has 0 aliphatic carbocycles. The maximum absolute atomic E-state index is 13.3. The molecule has 0 unspecified atom stereocenters. The van der Waals surface area contributed by atoms with E-state index in [2.05, 4.69) is 5.32 Å². The third-order valence-electron chi connectivity index (χ3n) is 2.64. The van der Waals surface area contributed by atoms with Gasteiger partial charge in [0.2, 0.25) is 5.91 Å². The number of rotatable bonds is 5. The zero-order valence-corrected chi connectivity index (χ0v) is 10.8. The van der Waals surface area contributed by atoms with Crippen molar-refractivity contribution < 1.29 is 13.9 Å². The van der Waals surface area contributed by atoms with Crippen LogP contribution in [0.15, 0.2) is 48.5 Å². The molecule has 3 N–H and O–H groups in total. The predicted molar refractivity (Wildman–Crippen MR) is 75.5 cm³/mol. The lowest BCUT2D eigenvalue weighted by Gasteiger charge is -2.07. The maximum atomic E-state index is 13.3. The number of carbonyl (C=O) groups excluding carboxylic acids is 1. The van der Waals surface area contributed by atoms with E-state index < -0.39 is 0 Å². The Hall–Kier alpha value is -2.40. The van der Waals surface area contributed by atoms with Crippen LogP contribution in [0.25, 0.3) is 0 Å². The molecule has 20 heavy (non-hydrogen) atoms. The molecule has 1 amide bonds. The van der Waals surface area contributed by atoms with Crippen molar-refractivity contribution in [1.29, 1.82) is 0 Å². The predicted octanol–water partition coefficient (Wildman–Crippen LogP) is 2.56. The quantitative estimate of drug-likeness (QED) is 0.824. The van der Waals surface area contributed by atoms with Crippen molar-refractivity contribution >= 4 is 17.3 Å². The van der Waals surface area contributed by atoms with Gasteiger partial charge in [-0.25, -0.2) is 4.39 Å². The highest BCUT2D eigenvalue weighted by Crippen LogP contribution is 2.11. The molecular formula is C15H15FN2O2. The van der Waals surface area contributed by atoms with Gasteiger partial charge in [-0.1, -0.05) is 18.2 Å². The van der Waals surface area contributed by atoms with E-state index in [1.807, 2.05) is 0 Å². The normalized spacial score (nSPS) is 10.2. The fraction of sp³-hybridized carbons (Fsp3) is 0.133. The van der Waals surface area contributed by atoms with Crippen LogP contribution >= 0.6 is 0 Å². The minimum atomic E-state index is -0.341. The average molecular weight is 274 g/mol. The van der Waals surface area contributed by atoms with Crippen LogP contribution in [-0.4, -0.2) is 12.5 Å². The Bertz CT molecular complexity index is 585. The van der Waals surface area contributed by atoms with Gasteiger partial charge in [0.1, 0.15) is 12.4 Å². The number of nitrogen functional groups attached to an aromatic ring is 1. The number of benzene rings is 2. The number of hydrogen-bond donors (Lipinski definition) is 2. The fourth-order valence-electron chi connectivity index (χ4n) is 1.63. The molecule has 2 aromatic carbocycles. The molecule has 5 heteroatoms. The highest BCUT2D eigenvalue weighted by atomic mass is 19.1. The zero-order valence-electron chi connectivity index (χ0n) is 10.8. The summed E-state index contributed by atoms with van der Waals surface area (Å²) < 4.78 is 18.5. The first-order chi connectivity index (χ1) is 9.65. The average Bonchev–Trinajstić information content (AvgIpc) is 2.43. The van der Waals surface area contributed by atoms with E-state index in [1.165, 1.54) is 6.07 Å². The van der Waals surface area contributed by atoms with Crippen LogP contribution in [0.5, 0.6) is 0 Å². The molecule has 0 aromatic heterocycles. The van der Waals surface area contributed by atoms with Gasteiger partial charge in [0, 0.05) is 16.9 Å². The third kappa shape index (κ3) is 4.07. The molecule has 0 spiro atoms. The minimum Gasteiger partial charge on any atom is -0.399 e. The van der Waals surface area contributed by atoms with E-state index in [-0.39, 0.29) is 24.9 Å². The molecule has 0 heterocycles. The molecule has 0 saturated carbocycles. The largest absolute Gasteiger partial charge is 0.399 e. The lowest BCUT2D eigenvalue weighted by molar-refractivity contribution is -0.121. The summed E-state index contributed by atoms with van der Waals surface area (Å²) in [6.45, 7) is -0.0828. The molecule has 2 aromatic rings. The molecule has 2 rings (SSSR count). The molecule has 0 saturated heterocycles. The van der Waals surface area contributed by atoms with Crippen LogP contribution < -0.4 is 11.1 Å². The third-order valence-corrected chi connectivity index (χ3v) is 2.64. The second kappa shape index (κ2) is 6.68. The van der Waals surface area contributed by atoms with Gasteiger partial charge in [0.05, 0.1) is 6.61 Å². The summed E-state index contributed by atoms with van der Waals surface area (Å²) in [5.74, 6) is -0.641. The van der Waals surface area contributed by atoms with E-state index >= 15 is 0 Å². The Balaban J connectivity index is 1.78. The summed E-state index contributed by atoms with van der Waals surface area (Å²) in [4.78, 5) is 11.6. The van der Waals surface area contributed by atoms with E-state index in [9.17, 15) is 9.18 Å². The maximum Gasteiger partial charge on any atom is 0.250 e. The van der Waals surface area contributed by atoms with Gasteiger partial charge in [-0.2, -0.15) is 0 Å². The number of carbonyl (C=O) groups is 1. The van der Waals surface area contributed by atoms with Crippen LogP contribution in [0.1, 0.15) is 5.56 Å². The molecule has 0 atom stereocenters. The Morgan fingerprint density at radius 2 is 1.85 bits per heavy atom. The van der Waals surface area contributed by atoms with Gasteiger partial charge < -0.3 is 15.8 Å². The summed E-state index contributed by atoms with van der Waals surface area (Å²) in [5, 5.41) is 2.66. The van der Waals surface area contributed by atoms with Gasteiger partial charge >= 0.3 is 0 Å². The van der Waals surface area contributed by atoms with Crippen LogP contribution in [-0.2, 0) is 16.1 Å². The summed E-state index contributed by atoms with van der Waals surface area (Å²) in [7, 11) is 0. The standard InChI is InChI=1S/C15H15FN2O2/c16-14-4-2-1-3-11(14)9-20-10-15(19)18-13-7-5-12(17)6-8-13/h1-8H,9-10,17H2,(H,18,19). The topological polar surface area (TPSA) is 64.3 Å². The first kappa shape index (κ1) is 14.0. The lowest BCUT2D eigenvalue weighted by Crippen LogP contribution is -2.18. The second-order valence-electron chi connectivity index (χ2n) is 4.25. The number of hydrogen-bond acceptors (Lipinski definition) is 3. The molecule has 104 valence electrons.